The van der Waals surface area contributed by atoms with Crippen LogP contribution in [0.2, 0.25) is 0 Å². The summed E-state index contributed by atoms with van der Waals surface area (Å²) in [5, 5.41) is 11.3. The van der Waals surface area contributed by atoms with E-state index in [0.29, 0.717) is 6.54 Å². The summed E-state index contributed by atoms with van der Waals surface area (Å²) in [5.74, 6) is 0.932. The van der Waals surface area contributed by atoms with Crippen LogP contribution >= 0.6 is 22.6 Å². The summed E-state index contributed by atoms with van der Waals surface area (Å²) in [6, 6.07) is 10.0. The van der Waals surface area contributed by atoms with Gasteiger partial charge < -0.3 is 9.73 Å². The molecular weight excluding hydrogens is 329 g/mol. The average molecular weight is 339 g/mol. The van der Waals surface area contributed by atoms with Gasteiger partial charge in [0.15, 0.2) is 3.77 Å². The van der Waals surface area contributed by atoms with Gasteiger partial charge >= 0.3 is 0 Å². The lowest BCUT2D eigenvalue weighted by Crippen LogP contribution is -1.97. The Bertz CT molecular complexity index is 644. The molecule has 2 aromatic heterocycles. The van der Waals surface area contributed by atoms with Crippen molar-refractivity contribution in [3.63, 3.8) is 0 Å². The second-order valence-electron chi connectivity index (χ2n) is 3.73. The molecule has 86 valence electrons. The van der Waals surface area contributed by atoms with E-state index in [1.54, 1.807) is 0 Å². The number of hydrogen-bond acceptors (Lipinski definition) is 3. The van der Waals surface area contributed by atoms with Gasteiger partial charge in [0.2, 0.25) is 0 Å². The number of hydrogen-bond donors (Lipinski definition) is 2. The Morgan fingerprint density at radius 3 is 3.06 bits per heavy atom. The summed E-state index contributed by atoms with van der Waals surface area (Å²) in [5.41, 5.74) is 2.11. The van der Waals surface area contributed by atoms with Gasteiger partial charge in [-0.15, -0.1) is 0 Å². The molecule has 4 nitrogen and oxygen atoms in total. The summed E-state index contributed by atoms with van der Waals surface area (Å²) < 4.78 is 6.39. The molecule has 0 spiro atoms. The van der Waals surface area contributed by atoms with Crippen molar-refractivity contribution in [3.8, 4) is 0 Å². The van der Waals surface area contributed by atoms with E-state index >= 15 is 0 Å². The third-order valence-electron chi connectivity index (χ3n) is 2.54. The molecule has 2 N–H and O–H groups in total. The van der Waals surface area contributed by atoms with Gasteiger partial charge in [0.1, 0.15) is 5.76 Å². The van der Waals surface area contributed by atoms with Gasteiger partial charge in [-0.05, 0) is 52.9 Å². The first-order chi connectivity index (χ1) is 8.31. The zero-order valence-electron chi connectivity index (χ0n) is 8.90. The molecule has 0 fully saturated rings. The first kappa shape index (κ1) is 10.6. The van der Waals surface area contributed by atoms with Crippen molar-refractivity contribution in [3.05, 3.63) is 46.1 Å². The molecule has 0 atom stereocenters. The monoisotopic (exact) mass is 339 g/mol. The van der Waals surface area contributed by atoms with Crippen LogP contribution in [0.5, 0.6) is 0 Å². The minimum atomic E-state index is 0.687. The van der Waals surface area contributed by atoms with Gasteiger partial charge in [0.25, 0.3) is 0 Å². The van der Waals surface area contributed by atoms with Crippen LogP contribution in [0.1, 0.15) is 5.76 Å². The number of aromatic nitrogens is 2. The number of H-pyrrole nitrogens is 1. The highest BCUT2D eigenvalue weighted by molar-refractivity contribution is 14.1. The largest absolute Gasteiger partial charge is 0.454 e. The molecule has 2 heterocycles. The van der Waals surface area contributed by atoms with Crippen LogP contribution < -0.4 is 5.32 Å². The fraction of sp³-hybridized carbons (Fsp3) is 0.0833. The van der Waals surface area contributed by atoms with Gasteiger partial charge in [-0.1, -0.05) is 0 Å². The van der Waals surface area contributed by atoms with Crippen molar-refractivity contribution < 1.29 is 4.42 Å². The molecule has 0 bridgehead atoms. The van der Waals surface area contributed by atoms with E-state index in [0.717, 1.165) is 26.1 Å². The van der Waals surface area contributed by atoms with E-state index in [2.05, 4.69) is 44.2 Å². The predicted molar refractivity (Wildman–Crippen MR) is 74.8 cm³/mol. The first-order valence-corrected chi connectivity index (χ1v) is 6.30. The molecule has 0 saturated carbocycles. The fourth-order valence-electron chi connectivity index (χ4n) is 1.69. The topological polar surface area (TPSA) is 53.9 Å². The molecule has 1 aromatic carbocycles. The second kappa shape index (κ2) is 4.40. The molecule has 0 unspecified atom stereocenters. The Labute approximate surface area is 112 Å². The number of aromatic amines is 1. The number of nitrogens with zero attached hydrogens (tertiary/aromatic N) is 1. The number of halogens is 1. The minimum Gasteiger partial charge on any atom is -0.454 e. The van der Waals surface area contributed by atoms with Crippen LogP contribution in [0.25, 0.3) is 10.9 Å². The van der Waals surface area contributed by atoms with Gasteiger partial charge in [-0.2, -0.15) is 5.10 Å². The molecular formula is C12H10IN3O. The third kappa shape index (κ3) is 2.28. The maximum atomic E-state index is 5.48. The number of nitrogens with one attached hydrogen (secondary N) is 2. The summed E-state index contributed by atoms with van der Waals surface area (Å²) >= 11 is 2.16. The predicted octanol–water partition coefficient (Wildman–Crippen LogP) is 3.37. The summed E-state index contributed by atoms with van der Waals surface area (Å²) in [4.78, 5) is 0. The van der Waals surface area contributed by atoms with E-state index in [1.165, 1.54) is 0 Å². The zero-order chi connectivity index (χ0) is 11.7. The van der Waals surface area contributed by atoms with Crippen LogP contribution in [-0.2, 0) is 6.54 Å². The van der Waals surface area contributed by atoms with Gasteiger partial charge in [0.05, 0.1) is 18.3 Å². The van der Waals surface area contributed by atoms with Crippen molar-refractivity contribution in [2.75, 3.05) is 5.32 Å². The lowest BCUT2D eigenvalue weighted by atomic mass is 10.2. The Balaban J connectivity index is 1.76. The number of benzene rings is 1. The average Bonchev–Trinajstić information content (AvgIpc) is 2.94. The standard InChI is InChI=1S/C12H10IN3O/c13-12-4-2-10(17-12)7-14-9-1-3-11-8(5-9)6-15-16-11/h1-6,14H,7H2,(H,15,16). The summed E-state index contributed by atoms with van der Waals surface area (Å²) in [6.07, 6.45) is 1.82. The lowest BCUT2D eigenvalue weighted by Gasteiger charge is -2.03. The maximum absolute atomic E-state index is 5.48. The van der Waals surface area contributed by atoms with Crippen LogP contribution in [0.4, 0.5) is 5.69 Å². The van der Waals surface area contributed by atoms with Crippen molar-refractivity contribution in [1.29, 1.82) is 0 Å². The van der Waals surface area contributed by atoms with Crippen molar-refractivity contribution in [2.45, 2.75) is 6.54 Å². The van der Waals surface area contributed by atoms with Crippen molar-refractivity contribution in [1.82, 2.24) is 10.2 Å². The second-order valence-corrected chi connectivity index (χ2v) is 4.79. The molecule has 0 aliphatic carbocycles. The molecule has 0 radical (unpaired) electrons. The lowest BCUT2D eigenvalue weighted by molar-refractivity contribution is 0.493. The van der Waals surface area contributed by atoms with Crippen molar-refractivity contribution >= 4 is 39.2 Å². The maximum Gasteiger partial charge on any atom is 0.164 e. The number of fused-ring (bicyclic) bond motifs is 1. The zero-order valence-corrected chi connectivity index (χ0v) is 11.1. The minimum absolute atomic E-state index is 0.687. The molecule has 17 heavy (non-hydrogen) atoms. The van der Waals surface area contributed by atoms with E-state index in [9.17, 15) is 0 Å². The van der Waals surface area contributed by atoms with Crippen LogP contribution in [-0.4, -0.2) is 10.2 Å². The van der Waals surface area contributed by atoms with E-state index in [4.69, 9.17) is 4.42 Å². The number of anilines is 1. The van der Waals surface area contributed by atoms with Crippen LogP contribution in [0, 0.1) is 3.77 Å². The quantitative estimate of drug-likeness (QED) is 0.720. The van der Waals surface area contributed by atoms with Gasteiger partial charge in [-0.3, -0.25) is 5.10 Å². The Morgan fingerprint density at radius 2 is 2.24 bits per heavy atom. The normalized spacial score (nSPS) is 10.9. The highest BCUT2D eigenvalue weighted by Crippen LogP contribution is 2.18. The molecule has 5 heteroatoms. The van der Waals surface area contributed by atoms with Gasteiger partial charge in [-0.25, -0.2) is 0 Å². The summed E-state index contributed by atoms with van der Waals surface area (Å²) in [6.45, 7) is 0.687. The summed E-state index contributed by atoms with van der Waals surface area (Å²) in [7, 11) is 0. The number of rotatable bonds is 3. The molecule has 3 rings (SSSR count). The molecule has 0 saturated heterocycles. The molecule has 0 aliphatic heterocycles. The Hall–Kier alpha value is -1.50. The Morgan fingerprint density at radius 1 is 1.29 bits per heavy atom. The SMILES string of the molecule is Ic1ccc(CNc2ccc3[nH]ncc3c2)o1. The third-order valence-corrected chi connectivity index (χ3v) is 3.12. The first-order valence-electron chi connectivity index (χ1n) is 5.22. The van der Waals surface area contributed by atoms with E-state index in [-0.39, 0.29) is 0 Å². The smallest absolute Gasteiger partial charge is 0.164 e. The van der Waals surface area contributed by atoms with E-state index < -0.39 is 0 Å². The molecule has 3 aromatic rings. The Kier molecular flexibility index (Phi) is 2.76. The molecule has 0 aliphatic rings. The van der Waals surface area contributed by atoms with Crippen LogP contribution in [0.3, 0.4) is 0 Å². The van der Waals surface area contributed by atoms with Gasteiger partial charge in [0, 0.05) is 11.1 Å². The van der Waals surface area contributed by atoms with Crippen LogP contribution in [0.15, 0.2) is 40.9 Å². The fourth-order valence-corrected chi connectivity index (χ4v) is 2.15. The highest BCUT2D eigenvalue weighted by Gasteiger charge is 2.01. The molecule has 0 amide bonds. The highest BCUT2D eigenvalue weighted by atomic mass is 127. The van der Waals surface area contributed by atoms with E-state index in [1.807, 2.05) is 30.5 Å². The number of furan rings is 1. The van der Waals surface area contributed by atoms with Crippen molar-refractivity contribution in [2.24, 2.45) is 0 Å².